The Kier molecular flexibility index (Phi) is 4.38. The first-order chi connectivity index (χ1) is 9.67. The summed E-state index contributed by atoms with van der Waals surface area (Å²) < 4.78 is 9.96. The minimum absolute atomic E-state index is 0.197. The number of nitrogens with zero attached hydrogens (tertiary/aromatic N) is 1. The predicted octanol–water partition coefficient (Wildman–Crippen LogP) is 3.15. The molecular weight excluding hydrogens is 274 g/mol. The fourth-order valence-corrected chi connectivity index (χ4v) is 2.85. The maximum atomic E-state index is 11.1. The molecular formula is C15H13NO3S. The van der Waals surface area contributed by atoms with Crippen molar-refractivity contribution >= 4 is 17.3 Å². The lowest BCUT2D eigenvalue weighted by Crippen LogP contribution is -2.13. The highest BCUT2D eigenvalue weighted by Crippen LogP contribution is 2.40. The van der Waals surface area contributed by atoms with E-state index >= 15 is 0 Å². The second-order valence-corrected chi connectivity index (χ2v) is 5.08. The zero-order valence-electron chi connectivity index (χ0n) is 11.2. The van der Waals surface area contributed by atoms with Gasteiger partial charge in [0.2, 0.25) is 0 Å². The number of ether oxygens (including phenoxy) is 2. The summed E-state index contributed by atoms with van der Waals surface area (Å²) in [6, 6.07) is 11.9. The molecule has 102 valence electrons. The van der Waals surface area contributed by atoms with Gasteiger partial charge in [0.05, 0.1) is 7.11 Å². The van der Waals surface area contributed by atoms with Gasteiger partial charge in [-0.05, 0) is 12.5 Å². The number of hydrogen-bond acceptors (Lipinski definition) is 5. The molecule has 0 fully saturated rings. The summed E-state index contributed by atoms with van der Waals surface area (Å²) in [6.45, 7) is 1.68. The van der Waals surface area contributed by atoms with Crippen molar-refractivity contribution in [2.45, 2.75) is 6.92 Å². The van der Waals surface area contributed by atoms with Crippen molar-refractivity contribution in [2.24, 2.45) is 0 Å². The molecule has 2 aromatic rings. The average Bonchev–Trinajstić information content (AvgIpc) is 2.82. The first kappa shape index (κ1) is 14.1. The quantitative estimate of drug-likeness (QED) is 0.810. The van der Waals surface area contributed by atoms with Crippen LogP contribution >= 0.6 is 11.3 Å². The van der Waals surface area contributed by atoms with Crippen LogP contribution in [0.1, 0.15) is 10.4 Å². The van der Waals surface area contributed by atoms with E-state index in [0.29, 0.717) is 10.6 Å². The molecule has 0 saturated heterocycles. The topological polar surface area (TPSA) is 59.3 Å². The van der Waals surface area contributed by atoms with Crippen molar-refractivity contribution in [3.63, 3.8) is 0 Å². The molecule has 2 rings (SSSR count). The predicted molar refractivity (Wildman–Crippen MR) is 76.7 cm³/mol. The van der Waals surface area contributed by atoms with Gasteiger partial charge in [0.15, 0.2) is 12.4 Å². The molecule has 0 saturated carbocycles. The zero-order valence-corrected chi connectivity index (χ0v) is 12.0. The summed E-state index contributed by atoms with van der Waals surface area (Å²) in [7, 11) is 1.30. The smallest absolute Gasteiger partial charge is 0.343 e. The van der Waals surface area contributed by atoms with Crippen LogP contribution in [0.25, 0.3) is 10.4 Å². The third-order valence-electron chi connectivity index (χ3n) is 2.79. The molecule has 1 aromatic carbocycles. The largest absolute Gasteiger partial charge is 0.479 e. The van der Waals surface area contributed by atoms with Gasteiger partial charge >= 0.3 is 5.97 Å². The van der Waals surface area contributed by atoms with Crippen molar-refractivity contribution in [2.75, 3.05) is 13.7 Å². The van der Waals surface area contributed by atoms with Crippen LogP contribution in [0.3, 0.4) is 0 Å². The number of carbonyl (C=O) groups excluding carboxylic acids is 1. The molecule has 0 aliphatic heterocycles. The standard InChI is InChI=1S/C15H13NO3S/c1-10-14(19-9-13(17)18-2)12(8-16)20-15(10)11-6-4-3-5-7-11/h3-7H,9H2,1-2H3. The minimum Gasteiger partial charge on any atom is -0.479 e. The Morgan fingerprint density at radius 3 is 2.65 bits per heavy atom. The molecule has 0 unspecified atom stereocenters. The molecule has 1 heterocycles. The SMILES string of the molecule is COC(=O)COc1c(C#N)sc(-c2ccccc2)c1C. The molecule has 5 heteroatoms. The first-order valence-corrected chi connectivity index (χ1v) is 6.77. The summed E-state index contributed by atoms with van der Waals surface area (Å²) in [6.07, 6.45) is 0. The average molecular weight is 287 g/mol. The number of esters is 1. The molecule has 0 bridgehead atoms. The van der Waals surface area contributed by atoms with E-state index in [1.165, 1.54) is 18.4 Å². The van der Waals surface area contributed by atoms with Crippen molar-refractivity contribution in [3.05, 3.63) is 40.8 Å². The molecule has 0 amide bonds. The van der Waals surface area contributed by atoms with Crippen molar-refractivity contribution in [3.8, 4) is 22.3 Å². The lowest BCUT2D eigenvalue weighted by molar-refractivity contribution is -0.142. The molecule has 4 nitrogen and oxygen atoms in total. The van der Waals surface area contributed by atoms with E-state index in [2.05, 4.69) is 10.8 Å². The number of methoxy groups -OCH3 is 1. The minimum atomic E-state index is -0.472. The van der Waals surface area contributed by atoms with Crippen LogP contribution in [-0.4, -0.2) is 19.7 Å². The maximum absolute atomic E-state index is 11.1. The molecule has 0 aliphatic carbocycles. The first-order valence-electron chi connectivity index (χ1n) is 5.96. The van der Waals surface area contributed by atoms with Crippen LogP contribution in [0.5, 0.6) is 5.75 Å². The van der Waals surface area contributed by atoms with Crippen LogP contribution in [0.2, 0.25) is 0 Å². The van der Waals surface area contributed by atoms with Gasteiger partial charge in [-0.25, -0.2) is 4.79 Å². The lowest BCUT2D eigenvalue weighted by atomic mass is 10.1. The Labute approximate surface area is 121 Å². The van der Waals surface area contributed by atoms with Crippen molar-refractivity contribution in [1.29, 1.82) is 5.26 Å². The third kappa shape index (κ3) is 2.81. The van der Waals surface area contributed by atoms with E-state index in [4.69, 9.17) is 4.74 Å². The highest BCUT2D eigenvalue weighted by Gasteiger charge is 2.18. The van der Waals surface area contributed by atoms with E-state index in [1.54, 1.807) is 0 Å². The molecule has 0 aliphatic rings. The highest BCUT2D eigenvalue weighted by molar-refractivity contribution is 7.16. The van der Waals surface area contributed by atoms with E-state index in [-0.39, 0.29) is 6.61 Å². The molecule has 0 radical (unpaired) electrons. The Bertz CT molecular complexity index is 656. The Morgan fingerprint density at radius 2 is 2.05 bits per heavy atom. The second kappa shape index (κ2) is 6.22. The van der Waals surface area contributed by atoms with Gasteiger partial charge in [-0.1, -0.05) is 30.3 Å². The van der Waals surface area contributed by atoms with Crippen molar-refractivity contribution in [1.82, 2.24) is 0 Å². The number of rotatable bonds is 4. The van der Waals surface area contributed by atoms with Crippen LogP contribution in [0.4, 0.5) is 0 Å². The summed E-state index contributed by atoms with van der Waals surface area (Å²) in [5.74, 6) is -0.0116. The van der Waals surface area contributed by atoms with Gasteiger partial charge in [-0.15, -0.1) is 11.3 Å². The normalized spacial score (nSPS) is 9.85. The summed E-state index contributed by atoms with van der Waals surface area (Å²) in [4.78, 5) is 12.6. The third-order valence-corrected chi connectivity index (χ3v) is 4.02. The van der Waals surface area contributed by atoms with Gasteiger partial charge in [0, 0.05) is 10.4 Å². The van der Waals surface area contributed by atoms with Crippen molar-refractivity contribution < 1.29 is 14.3 Å². The van der Waals surface area contributed by atoms with Gasteiger partial charge in [-0.3, -0.25) is 0 Å². The number of benzene rings is 1. The monoisotopic (exact) mass is 287 g/mol. The van der Waals surface area contributed by atoms with E-state index in [9.17, 15) is 10.1 Å². The Hall–Kier alpha value is -2.32. The summed E-state index contributed by atoms with van der Waals surface area (Å²) >= 11 is 1.36. The fraction of sp³-hybridized carbons (Fsp3) is 0.200. The van der Waals surface area contributed by atoms with Gasteiger partial charge in [-0.2, -0.15) is 5.26 Å². The maximum Gasteiger partial charge on any atom is 0.343 e. The zero-order chi connectivity index (χ0) is 14.5. The van der Waals surface area contributed by atoms with Gasteiger partial charge in [0.1, 0.15) is 10.9 Å². The van der Waals surface area contributed by atoms with E-state index < -0.39 is 5.97 Å². The number of carbonyl (C=O) groups is 1. The number of thiophene rings is 1. The second-order valence-electron chi connectivity index (χ2n) is 4.06. The van der Waals surface area contributed by atoms with Crippen LogP contribution < -0.4 is 4.74 Å². The molecule has 1 aromatic heterocycles. The summed E-state index contributed by atoms with van der Waals surface area (Å²) in [5, 5.41) is 9.19. The molecule has 0 N–H and O–H groups in total. The molecule has 20 heavy (non-hydrogen) atoms. The van der Waals surface area contributed by atoms with Gasteiger partial charge in [0.25, 0.3) is 0 Å². The fourth-order valence-electron chi connectivity index (χ4n) is 1.80. The Balaban J connectivity index is 2.36. The summed E-state index contributed by atoms with van der Waals surface area (Å²) in [5.41, 5.74) is 1.89. The van der Waals surface area contributed by atoms with E-state index in [1.807, 2.05) is 37.3 Å². The number of nitriles is 1. The van der Waals surface area contributed by atoms with Crippen LogP contribution in [-0.2, 0) is 9.53 Å². The number of hydrogen-bond donors (Lipinski definition) is 0. The molecule has 0 atom stereocenters. The molecule has 0 spiro atoms. The lowest BCUT2D eigenvalue weighted by Gasteiger charge is -2.05. The van der Waals surface area contributed by atoms with Crippen LogP contribution in [0, 0.1) is 18.3 Å². The van der Waals surface area contributed by atoms with E-state index in [0.717, 1.165) is 16.0 Å². The van der Waals surface area contributed by atoms with Gasteiger partial charge < -0.3 is 9.47 Å². The van der Waals surface area contributed by atoms with Crippen LogP contribution in [0.15, 0.2) is 30.3 Å². The highest BCUT2D eigenvalue weighted by atomic mass is 32.1. The Morgan fingerprint density at radius 1 is 1.35 bits per heavy atom.